The van der Waals surface area contributed by atoms with Gasteiger partial charge in [-0.3, -0.25) is 15.1 Å². The molecule has 0 spiro atoms. The molecule has 0 amide bonds. The van der Waals surface area contributed by atoms with Crippen LogP contribution in [0.1, 0.15) is 38.5 Å². The van der Waals surface area contributed by atoms with Crippen LogP contribution >= 0.6 is 0 Å². The molecule has 1 aromatic carbocycles. The fourth-order valence-electron chi connectivity index (χ4n) is 4.51. The Hall–Kier alpha value is -3.47. The Morgan fingerprint density at radius 2 is 1.69 bits per heavy atom. The molecule has 0 unspecified atom stereocenters. The molecule has 1 saturated carbocycles. The molecule has 0 atom stereocenters. The van der Waals surface area contributed by atoms with Crippen LogP contribution in [-0.2, 0) is 0 Å². The molecular weight excluding hydrogens is 396 g/mol. The molecule has 5 rings (SSSR count). The molecule has 0 radical (unpaired) electrons. The maximum atomic E-state index is 6.01. The van der Waals surface area contributed by atoms with Gasteiger partial charge in [0.15, 0.2) is 0 Å². The summed E-state index contributed by atoms with van der Waals surface area (Å²) in [6, 6.07) is 18.2. The zero-order valence-electron chi connectivity index (χ0n) is 18.2. The van der Waals surface area contributed by atoms with E-state index in [-0.39, 0.29) is 0 Å². The van der Waals surface area contributed by atoms with Crippen molar-refractivity contribution >= 4 is 0 Å². The van der Waals surface area contributed by atoms with E-state index in [1.54, 1.807) is 6.20 Å². The molecule has 0 aliphatic heterocycles. The maximum Gasteiger partial charge on any atom is 0.119 e. The smallest absolute Gasteiger partial charge is 0.119 e. The van der Waals surface area contributed by atoms with Gasteiger partial charge in [-0.05, 0) is 66.4 Å². The monoisotopic (exact) mass is 424 g/mol. The zero-order chi connectivity index (χ0) is 21.6. The van der Waals surface area contributed by atoms with E-state index in [2.05, 4.69) is 38.4 Å². The van der Waals surface area contributed by atoms with Gasteiger partial charge < -0.3 is 4.74 Å². The molecular formula is C27H28N4O. The minimum Gasteiger partial charge on any atom is -0.494 e. The van der Waals surface area contributed by atoms with Gasteiger partial charge in [0.25, 0.3) is 0 Å². The quantitative estimate of drug-likeness (QED) is 0.365. The van der Waals surface area contributed by atoms with E-state index in [1.807, 2.05) is 48.8 Å². The van der Waals surface area contributed by atoms with Crippen LogP contribution in [0.5, 0.6) is 5.75 Å². The third-order valence-electron chi connectivity index (χ3n) is 6.30. The topological polar surface area (TPSA) is 63.7 Å². The van der Waals surface area contributed by atoms with E-state index in [9.17, 15) is 0 Å². The highest BCUT2D eigenvalue weighted by molar-refractivity contribution is 5.80. The lowest BCUT2D eigenvalue weighted by atomic mass is 9.87. The predicted molar refractivity (Wildman–Crippen MR) is 127 cm³/mol. The van der Waals surface area contributed by atoms with Crippen LogP contribution in [0.3, 0.4) is 0 Å². The number of H-pyrrole nitrogens is 1. The zero-order valence-corrected chi connectivity index (χ0v) is 18.2. The molecule has 0 saturated heterocycles. The molecule has 32 heavy (non-hydrogen) atoms. The molecule has 0 bridgehead atoms. The first-order valence-corrected chi connectivity index (χ1v) is 11.5. The van der Waals surface area contributed by atoms with Crippen LogP contribution in [0.25, 0.3) is 33.8 Å². The summed E-state index contributed by atoms with van der Waals surface area (Å²) in [4.78, 5) is 9.04. The van der Waals surface area contributed by atoms with Crippen LogP contribution in [0.2, 0.25) is 0 Å². The van der Waals surface area contributed by atoms with E-state index in [0.29, 0.717) is 0 Å². The Kier molecular flexibility index (Phi) is 6.24. The number of benzene rings is 1. The van der Waals surface area contributed by atoms with Crippen molar-refractivity contribution in [1.29, 1.82) is 0 Å². The van der Waals surface area contributed by atoms with E-state index in [0.717, 1.165) is 58.5 Å². The number of nitrogens with one attached hydrogen (secondary N) is 1. The van der Waals surface area contributed by atoms with Crippen LogP contribution in [0.15, 0.2) is 73.2 Å². The molecule has 1 N–H and O–H groups in total. The molecule has 4 aromatic rings. The van der Waals surface area contributed by atoms with Gasteiger partial charge in [0.05, 0.1) is 29.9 Å². The summed E-state index contributed by atoms with van der Waals surface area (Å²) in [6.45, 7) is 0.800. The summed E-state index contributed by atoms with van der Waals surface area (Å²) in [6.07, 6.45) is 13.5. The van der Waals surface area contributed by atoms with Crippen LogP contribution < -0.4 is 4.74 Å². The van der Waals surface area contributed by atoms with E-state index in [4.69, 9.17) is 4.74 Å². The average molecular weight is 425 g/mol. The highest BCUT2D eigenvalue weighted by Crippen LogP contribution is 2.31. The SMILES string of the molecule is c1ccc(-c2[nH]ncc2-c2ccnc(-c3ccc(OCCC4CCCCC4)cc3)c2)nc1. The van der Waals surface area contributed by atoms with Crippen molar-refractivity contribution in [2.45, 2.75) is 38.5 Å². The molecule has 1 aliphatic carbocycles. The molecule has 5 heteroatoms. The van der Waals surface area contributed by atoms with Gasteiger partial charge in [0.2, 0.25) is 0 Å². The molecule has 3 heterocycles. The number of aromatic amines is 1. The van der Waals surface area contributed by atoms with Crippen LogP contribution in [0, 0.1) is 5.92 Å². The fraction of sp³-hybridized carbons (Fsp3) is 0.296. The second kappa shape index (κ2) is 9.77. The Labute approximate surface area is 188 Å². The molecule has 5 nitrogen and oxygen atoms in total. The third-order valence-corrected chi connectivity index (χ3v) is 6.30. The molecule has 1 aliphatic rings. The largest absolute Gasteiger partial charge is 0.494 e. The number of aromatic nitrogens is 4. The first-order chi connectivity index (χ1) is 15.9. The van der Waals surface area contributed by atoms with Crippen molar-refractivity contribution in [1.82, 2.24) is 20.2 Å². The van der Waals surface area contributed by atoms with Crippen molar-refractivity contribution < 1.29 is 4.74 Å². The van der Waals surface area contributed by atoms with Crippen molar-refractivity contribution in [2.24, 2.45) is 5.92 Å². The van der Waals surface area contributed by atoms with Gasteiger partial charge in [-0.2, -0.15) is 5.10 Å². The second-order valence-electron chi connectivity index (χ2n) is 8.47. The fourth-order valence-corrected chi connectivity index (χ4v) is 4.51. The summed E-state index contributed by atoms with van der Waals surface area (Å²) < 4.78 is 6.01. The number of pyridine rings is 2. The summed E-state index contributed by atoms with van der Waals surface area (Å²) in [5, 5.41) is 7.33. The van der Waals surface area contributed by atoms with Gasteiger partial charge in [-0.15, -0.1) is 0 Å². The minimum absolute atomic E-state index is 0.800. The maximum absolute atomic E-state index is 6.01. The Morgan fingerprint density at radius 3 is 2.50 bits per heavy atom. The van der Waals surface area contributed by atoms with Crippen molar-refractivity contribution in [3.8, 4) is 39.5 Å². The van der Waals surface area contributed by atoms with Gasteiger partial charge in [-0.1, -0.05) is 38.2 Å². The van der Waals surface area contributed by atoms with Gasteiger partial charge in [-0.25, -0.2) is 0 Å². The number of ether oxygens (including phenoxy) is 1. The minimum atomic E-state index is 0.800. The summed E-state index contributed by atoms with van der Waals surface area (Å²) in [5.74, 6) is 1.77. The first kappa shape index (κ1) is 20.4. The number of hydrogen-bond acceptors (Lipinski definition) is 4. The predicted octanol–water partition coefficient (Wildman–Crippen LogP) is 6.55. The van der Waals surface area contributed by atoms with E-state index < -0.39 is 0 Å². The number of nitrogens with zero attached hydrogens (tertiary/aromatic N) is 3. The standard InChI is InChI=1S/C27H28N4O/c1-2-6-20(7-3-1)14-17-32-23-11-9-21(10-12-23)26-18-22(13-16-29-26)24-19-30-31-27(24)25-8-4-5-15-28-25/h4-5,8-13,15-16,18-20H,1-3,6-7,14,17H2,(H,30,31). The lowest BCUT2D eigenvalue weighted by Crippen LogP contribution is -2.10. The summed E-state index contributed by atoms with van der Waals surface area (Å²) in [7, 11) is 0. The van der Waals surface area contributed by atoms with E-state index >= 15 is 0 Å². The van der Waals surface area contributed by atoms with Crippen molar-refractivity contribution in [2.75, 3.05) is 6.61 Å². The van der Waals surface area contributed by atoms with Crippen molar-refractivity contribution in [3.63, 3.8) is 0 Å². The number of rotatable bonds is 7. The highest BCUT2D eigenvalue weighted by atomic mass is 16.5. The summed E-state index contributed by atoms with van der Waals surface area (Å²) in [5.41, 5.74) is 5.82. The third kappa shape index (κ3) is 4.72. The number of hydrogen-bond donors (Lipinski definition) is 1. The van der Waals surface area contributed by atoms with Gasteiger partial charge in [0, 0.05) is 23.5 Å². The molecule has 3 aromatic heterocycles. The summed E-state index contributed by atoms with van der Waals surface area (Å²) >= 11 is 0. The molecule has 162 valence electrons. The highest BCUT2D eigenvalue weighted by Gasteiger charge is 2.14. The Balaban J connectivity index is 1.28. The Morgan fingerprint density at radius 1 is 0.844 bits per heavy atom. The van der Waals surface area contributed by atoms with E-state index in [1.165, 1.54) is 32.1 Å². The van der Waals surface area contributed by atoms with Gasteiger partial charge in [0.1, 0.15) is 5.75 Å². The first-order valence-electron chi connectivity index (χ1n) is 11.5. The lowest BCUT2D eigenvalue weighted by Gasteiger charge is -2.21. The normalized spacial score (nSPS) is 14.4. The Bertz CT molecular complexity index is 1130. The lowest BCUT2D eigenvalue weighted by molar-refractivity contribution is 0.246. The van der Waals surface area contributed by atoms with Crippen LogP contribution in [-0.4, -0.2) is 26.8 Å². The van der Waals surface area contributed by atoms with Gasteiger partial charge >= 0.3 is 0 Å². The van der Waals surface area contributed by atoms with Crippen LogP contribution in [0.4, 0.5) is 0 Å². The second-order valence-corrected chi connectivity index (χ2v) is 8.47. The average Bonchev–Trinajstić information content (AvgIpc) is 3.36. The molecule has 1 fully saturated rings. The van der Waals surface area contributed by atoms with Crippen molar-refractivity contribution in [3.05, 3.63) is 73.2 Å².